The maximum absolute atomic E-state index is 12.5. The van der Waals surface area contributed by atoms with Crippen LogP contribution in [-0.2, 0) is 6.42 Å². The zero-order chi connectivity index (χ0) is 17.2. The van der Waals surface area contributed by atoms with Crippen molar-refractivity contribution < 1.29 is 4.79 Å². The normalized spacial score (nSPS) is 25.9. The van der Waals surface area contributed by atoms with Crippen molar-refractivity contribution in [2.75, 3.05) is 6.54 Å². The predicted molar refractivity (Wildman–Crippen MR) is 103 cm³/mol. The molecule has 4 rings (SSSR count). The van der Waals surface area contributed by atoms with Gasteiger partial charge in [-0.15, -0.1) is 11.3 Å². The van der Waals surface area contributed by atoms with Crippen LogP contribution in [0.25, 0.3) is 0 Å². The average molecular weight is 355 g/mol. The summed E-state index contributed by atoms with van der Waals surface area (Å²) in [5.41, 5.74) is 2.51. The number of nitrogens with one attached hydrogen (secondary N) is 1. The number of hydrogen-bond donors (Lipinski definition) is 1. The standard InChI is InChI=1S/C21H26N2OS/c1-15-10-12-25-20(15)21(24)22-17-13-18-7-8-19(14-17)23(18)11-9-16-5-3-2-4-6-16/h2-6,10,12,17-19H,7-9,11,13-14H2,1H3,(H,22,24). The van der Waals surface area contributed by atoms with Gasteiger partial charge in [0.25, 0.3) is 5.91 Å². The van der Waals surface area contributed by atoms with E-state index >= 15 is 0 Å². The molecule has 2 aliphatic heterocycles. The van der Waals surface area contributed by atoms with E-state index in [4.69, 9.17) is 0 Å². The maximum Gasteiger partial charge on any atom is 0.261 e. The van der Waals surface area contributed by atoms with Crippen LogP contribution in [0.5, 0.6) is 0 Å². The second-order valence-electron chi connectivity index (χ2n) is 7.43. The van der Waals surface area contributed by atoms with Gasteiger partial charge in [-0.2, -0.15) is 0 Å². The Balaban J connectivity index is 1.34. The minimum Gasteiger partial charge on any atom is -0.348 e. The molecule has 0 spiro atoms. The second-order valence-corrected chi connectivity index (χ2v) is 8.35. The van der Waals surface area contributed by atoms with Gasteiger partial charge in [0.15, 0.2) is 0 Å². The highest BCUT2D eigenvalue weighted by atomic mass is 32.1. The quantitative estimate of drug-likeness (QED) is 0.879. The summed E-state index contributed by atoms with van der Waals surface area (Å²) in [4.78, 5) is 16.1. The van der Waals surface area contributed by atoms with Crippen LogP contribution in [0.2, 0.25) is 0 Å². The van der Waals surface area contributed by atoms with Crippen molar-refractivity contribution in [1.29, 1.82) is 0 Å². The highest BCUT2D eigenvalue weighted by molar-refractivity contribution is 7.12. The Labute approximate surface area is 154 Å². The molecule has 1 amide bonds. The number of amides is 1. The molecular formula is C21H26N2OS. The van der Waals surface area contributed by atoms with E-state index in [1.165, 1.54) is 18.4 Å². The molecular weight excluding hydrogens is 328 g/mol. The van der Waals surface area contributed by atoms with Crippen LogP contribution in [0.4, 0.5) is 0 Å². The zero-order valence-electron chi connectivity index (χ0n) is 14.8. The van der Waals surface area contributed by atoms with E-state index in [0.717, 1.165) is 36.2 Å². The fourth-order valence-electron chi connectivity index (χ4n) is 4.52. The lowest BCUT2D eigenvalue weighted by Gasteiger charge is -2.39. The van der Waals surface area contributed by atoms with E-state index in [2.05, 4.69) is 40.5 Å². The van der Waals surface area contributed by atoms with Crippen LogP contribution in [0, 0.1) is 6.92 Å². The molecule has 2 fully saturated rings. The van der Waals surface area contributed by atoms with Gasteiger partial charge in [0.05, 0.1) is 4.88 Å². The lowest BCUT2D eigenvalue weighted by molar-refractivity contribution is 0.0851. The molecule has 2 bridgehead atoms. The molecule has 1 aromatic carbocycles. The third kappa shape index (κ3) is 3.65. The molecule has 132 valence electrons. The van der Waals surface area contributed by atoms with E-state index in [0.29, 0.717) is 18.1 Å². The summed E-state index contributed by atoms with van der Waals surface area (Å²) in [6.07, 6.45) is 5.88. The Bertz CT molecular complexity index is 713. The molecule has 1 N–H and O–H groups in total. The summed E-state index contributed by atoms with van der Waals surface area (Å²) >= 11 is 1.55. The highest BCUT2D eigenvalue weighted by Gasteiger charge is 2.40. The molecule has 2 aliphatic rings. The molecule has 2 aromatic rings. The fourth-order valence-corrected chi connectivity index (χ4v) is 5.34. The summed E-state index contributed by atoms with van der Waals surface area (Å²) in [6, 6.07) is 14.4. The molecule has 2 atom stereocenters. The molecule has 0 aliphatic carbocycles. The van der Waals surface area contributed by atoms with Crippen molar-refractivity contribution in [3.05, 3.63) is 57.8 Å². The number of piperidine rings is 1. The number of aryl methyl sites for hydroxylation is 1. The minimum atomic E-state index is 0.120. The van der Waals surface area contributed by atoms with Crippen LogP contribution < -0.4 is 5.32 Å². The Morgan fingerprint density at radius 3 is 2.52 bits per heavy atom. The Kier molecular flexibility index (Phi) is 4.91. The lowest BCUT2D eigenvalue weighted by Crippen LogP contribution is -2.50. The van der Waals surface area contributed by atoms with Gasteiger partial charge in [-0.05, 0) is 61.6 Å². The monoisotopic (exact) mass is 354 g/mol. The smallest absolute Gasteiger partial charge is 0.261 e. The van der Waals surface area contributed by atoms with Gasteiger partial charge >= 0.3 is 0 Å². The summed E-state index contributed by atoms with van der Waals surface area (Å²) in [7, 11) is 0. The molecule has 1 aromatic heterocycles. The van der Waals surface area contributed by atoms with Gasteiger partial charge in [0.1, 0.15) is 0 Å². The Morgan fingerprint density at radius 2 is 1.88 bits per heavy atom. The van der Waals surface area contributed by atoms with Crippen molar-refractivity contribution >= 4 is 17.2 Å². The van der Waals surface area contributed by atoms with E-state index < -0.39 is 0 Å². The van der Waals surface area contributed by atoms with E-state index in [1.807, 2.05) is 18.4 Å². The first kappa shape index (κ1) is 16.8. The van der Waals surface area contributed by atoms with Crippen LogP contribution >= 0.6 is 11.3 Å². The van der Waals surface area contributed by atoms with Crippen molar-refractivity contribution in [1.82, 2.24) is 10.2 Å². The summed E-state index contributed by atoms with van der Waals surface area (Å²) in [5.74, 6) is 0.120. The first-order valence-corrected chi connectivity index (χ1v) is 10.2. The van der Waals surface area contributed by atoms with Gasteiger partial charge in [-0.1, -0.05) is 30.3 Å². The number of benzene rings is 1. The lowest BCUT2D eigenvalue weighted by atomic mass is 9.96. The maximum atomic E-state index is 12.5. The molecule has 3 heterocycles. The van der Waals surface area contributed by atoms with E-state index in [-0.39, 0.29) is 5.91 Å². The van der Waals surface area contributed by atoms with Crippen molar-refractivity contribution in [2.45, 2.75) is 57.2 Å². The SMILES string of the molecule is Cc1ccsc1C(=O)NC1CC2CCC(C1)N2CCc1ccccc1. The van der Waals surface area contributed by atoms with Crippen LogP contribution in [0.1, 0.15) is 46.5 Å². The number of nitrogens with zero attached hydrogens (tertiary/aromatic N) is 1. The van der Waals surface area contributed by atoms with Gasteiger partial charge < -0.3 is 5.32 Å². The molecule has 4 heteroatoms. The number of carbonyl (C=O) groups excluding carboxylic acids is 1. The summed E-state index contributed by atoms with van der Waals surface area (Å²) in [5, 5.41) is 5.30. The Morgan fingerprint density at radius 1 is 1.16 bits per heavy atom. The molecule has 0 radical (unpaired) electrons. The molecule has 25 heavy (non-hydrogen) atoms. The minimum absolute atomic E-state index is 0.120. The topological polar surface area (TPSA) is 32.3 Å². The average Bonchev–Trinajstić information content (AvgIpc) is 3.15. The number of carbonyl (C=O) groups is 1. The van der Waals surface area contributed by atoms with Crippen molar-refractivity contribution in [2.24, 2.45) is 0 Å². The number of hydrogen-bond acceptors (Lipinski definition) is 3. The molecule has 2 saturated heterocycles. The van der Waals surface area contributed by atoms with Crippen LogP contribution in [-0.4, -0.2) is 35.5 Å². The van der Waals surface area contributed by atoms with Crippen molar-refractivity contribution in [3.8, 4) is 0 Å². The van der Waals surface area contributed by atoms with Crippen LogP contribution in [0.15, 0.2) is 41.8 Å². The van der Waals surface area contributed by atoms with Crippen molar-refractivity contribution in [3.63, 3.8) is 0 Å². The summed E-state index contributed by atoms with van der Waals surface area (Å²) < 4.78 is 0. The molecule has 0 saturated carbocycles. The second kappa shape index (κ2) is 7.30. The van der Waals surface area contributed by atoms with E-state index in [1.54, 1.807) is 11.3 Å². The Hall–Kier alpha value is -1.65. The van der Waals surface area contributed by atoms with Gasteiger partial charge in [0, 0.05) is 24.7 Å². The first-order chi connectivity index (χ1) is 12.2. The van der Waals surface area contributed by atoms with E-state index in [9.17, 15) is 4.79 Å². The zero-order valence-corrected chi connectivity index (χ0v) is 15.6. The number of fused-ring (bicyclic) bond motifs is 2. The van der Waals surface area contributed by atoms with Gasteiger partial charge in [0.2, 0.25) is 0 Å². The number of rotatable bonds is 5. The van der Waals surface area contributed by atoms with Gasteiger partial charge in [-0.3, -0.25) is 9.69 Å². The highest BCUT2D eigenvalue weighted by Crippen LogP contribution is 2.36. The molecule has 2 unspecified atom stereocenters. The third-order valence-electron chi connectivity index (χ3n) is 5.79. The summed E-state index contributed by atoms with van der Waals surface area (Å²) in [6.45, 7) is 3.16. The van der Waals surface area contributed by atoms with Crippen LogP contribution in [0.3, 0.4) is 0 Å². The fraction of sp³-hybridized carbons (Fsp3) is 0.476. The number of thiophene rings is 1. The molecule has 3 nitrogen and oxygen atoms in total. The largest absolute Gasteiger partial charge is 0.348 e. The first-order valence-electron chi connectivity index (χ1n) is 9.35. The van der Waals surface area contributed by atoms with Gasteiger partial charge in [-0.25, -0.2) is 0 Å². The third-order valence-corrected chi connectivity index (χ3v) is 6.80. The predicted octanol–water partition coefficient (Wildman–Crippen LogP) is 4.02.